The van der Waals surface area contributed by atoms with Crippen molar-refractivity contribution in [2.45, 2.75) is 81.3 Å². The van der Waals surface area contributed by atoms with E-state index in [-0.39, 0.29) is 12.5 Å². The van der Waals surface area contributed by atoms with Crippen molar-refractivity contribution >= 4 is 10.0 Å². The first-order valence-corrected chi connectivity index (χ1v) is 15.0. The smallest absolute Gasteiger partial charge is 0.299 e. The molecule has 0 amide bonds. The van der Waals surface area contributed by atoms with E-state index in [9.17, 15) is 26.0 Å². The molecule has 1 aromatic heterocycles. The predicted molar refractivity (Wildman–Crippen MR) is 142 cm³/mol. The molecular formula is C28H33F4N5O2S. The summed E-state index contributed by atoms with van der Waals surface area (Å²) >= 11 is 0. The maximum atomic E-state index is 13.5. The van der Waals surface area contributed by atoms with Crippen LogP contribution in [0.15, 0.2) is 53.6 Å². The first-order chi connectivity index (χ1) is 19.0. The van der Waals surface area contributed by atoms with Crippen LogP contribution in [0, 0.1) is 0 Å². The van der Waals surface area contributed by atoms with E-state index in [0.717, 1.165) is 57.1 Å². The maximum absolute atomic E-state index is 13.5. The van der Waals surface area contributed by atoms with E-state index in [4.69, 9.17) is 0 Å². The molecule has 0 saturated carbocycles. The van der Waals surface area contributed by atoms with Gasteiger partial charge < -0.3 is 0 Å². The first kappa shape index (κ1) is 28.7. The lowest BCUT2D eigenvalue weighted by Gasteiger charge is -2.30. The normalized spacial score (nSPS) is 19.9. The molecule has 1 fully saturated rings. The summed E-state index contributed by atoms with van der Waals surface area (Å²) in [6.45, 7) is 4.00. The number of hydrogen-bond donors (Lipinski definition) is 1. The lowest BCUT2D eigenvalue weighted by atomic mass is 9.86. The highest BCUT2D eigenvalue weighted by Crippen LogP contribution is 2.34. The molecule has 2 aromatic carbocycles. The lowest BCUT2D eigenvalue weighted by molar-refractivity contribution is -0.137. The molecule has 12 heteroatoms. The number of piperidine rings is 1. The van der Waals surface area contributed by atoms with Crippen molar-refractivity contribution in [2.75, 3.05) is 13.1 Å². The van der Waals surface area contributed by atoms with Crippen LogP contribution in [-0.4, -0.2) is 53.6 Å². The van der Waals surface area contributed by atoms with E-state index in [2.05, 4.69) is 38.1 Å². The molecule has 0 bridgehead atoms. The van der Waals surface area contributed by atoms with E-state index < -0.39 is 38.9 Å². The minimum absolute atomic E-state index is 0.0124. The topological polar surface area (TPSA) is 80.1 Å². The van der Waals surface area contributed by atoms with Gasteiger partial charge in [0.25, 0.3) is 0 Å². The van der Waals surface area contributed by atoms with Crippen molar-refractivity contribution in [3.05, 3.63) is 76.6 Å². The Balaban J connectivity index is 1.23. The summed E-state index contributed by atoms with van der Waals surface area (Å²) in [6, 6.07) is 9.58. The van der Waals surface area contributed by atoms with Gasteiger partial charge in [-0.25, -0.2) is 22.2 Å². The number of likely N-dealkylation sites (tertiary alicyclic amines) is 1. The van der Waals surface area contributed by atoms with Crippen molar-refractivity contribution in [3.63, 3.8) is 0 Å². The molecule has 2 atom stereocenters. The first-order valence-electron chi connectivity index (χ1n) is 13.6. The number of fused-ring (bicyclic) bond motifs is 1. The fourth-order valence-electron chi connectivity index (χ4n) is 5.62. The quantitative estimate of drug-likeness (QED) is 0.377. The summed E-state index contributed by atoms with van der Waals surface area (Å²) in [4.78, 5) is 1.85. The van der Waals surface area contributed by atoms with Gasteiger partial charge in [0, 0.05) is 38.3 Å². The molecule has 2 unspecified atom stereocenters. The van der Waals surface area contributed by atoms with Crippen LogP contribution in [-0.2, 0) is 35.6 Å². The minimum Gasteiger partial charge on any atom is -0.299 e. The lowest BCUT2D eigenvalue weighted by Crippen LogP contribution is -2.34. The Morgan fingerprint density at radius 3 is 2.62 bits per heavy atom. The molecule has 0 radical (unpaired) electrons. The van der Waals surface area contributed by atoms with Crippen LogP contribution in [0.5, 0.6) is 0 Å². The zero-order valence-corrected chi connectivity index (χ0v) is 23.1. The molecule has 1 aliphatic heterocycles. The molecule has 3 aromatic rings. The number of aromatic nitrogens is 3. The molecule has 1 N–H and O–H groups in total. The van der Waals surface area contributed by atoms with Crippen molar-refractivity contribution in [1.29, 1.82) is 0 Å². The maximum Gasteiger partial charge on any atom is 0.416 e. The van der Waals surface area contributed by atoms with Crippen LogP contribution >= 0.6 is 0 Å². The summed E-state index contributed by atoms with van der Waals surface area (Å²) in [5.41, 5.74) is 3.24. The number of benzene rings is 2. The molecule has 2 heterocycles. The number of nitrogens with zero attached hydrogens (tertiary/aromatic N) is 4. The number of halogens is 4. The summed E-state index contributed by atoms with van der Waals surface area (Å²) in [5, 5.41) is 8.58. The third-order valence-corrected chi connectivity index (χ3v) is 9.22. The van der Waals surface area contributed by atoms with Gasteiger partial charge in [-0.3, -0.25) is 4.90 Å². The van der Waals surface area contributed by atoms with Crippen molar-refractivity contribution in [1.82, 2.24) is 24.6 Å². The zero-order chi connectivity index (χ0) is 28.5. The zero-order valence-electron chi connectivity index (χ0n) is 22.2. The Hall–Kier alpha value is -2.83. The average molecular weight is 580 g/mol. The second-order valence-corrected chi connectivity index (χ2v) is 12.5. The van der Waals surface area contributed by atoms with Gasteiger partial charge in [0.15, 0.2) is 0 Å². The molecule has 1 saturated heterocycles. The highest BCUT2D eigenvalue weighted by atomic mass is 32.2. The van der Waals surface area contributed by atoms with Gasteiger partial charge in [-0.1, -0.05) is 29.5 Å². The number of alkyl halides is 4. The standard InChI is InChI=1S/C28H33F4N5O2S/c1-19(34-40(38,39)25-6-3-5-22(16-25)28(30,31)32)14-24-18-37(35-33-24)27-7-2-4-21-15-20(8-9-26(21)27)17-36-12-10-23(29)11-13-36/h3,5-6,8-9,15-16,18-19,23,27,34H,2,4,7,10-14,17H2,1H3. The largest absolute Gasteiger partial charge is 0.416 e. The van der Waals surface area contributed by atoms with E-state index in [1.165, 1.54) is 16.7 Å². The van der Waals surface area contributed by atoms with Crippen molar-refractivity contribution in [2.24, 2.45) is 0 Å². The fraction of sp³-hybridized carbons (Fsp3) is 0.500. The van der Waals surface area contributed by atoms with E-state index in [1.807, 2.05) is 10.9 Å². The number of aryl methyl sites for hydroxylation is 1. The molecule has 1 aliphatic carbocycles. The van der Waals surface area contributed by atoms with Crippen molar-refractivity contribution < 1.29 is 26.0 Å². The highest BCUT2D eigenvalue weighted by molar-refractivity contribution is 7.89. The van der Waals surface area contributed by atoms with Crippen LogP contribution in [0.4, 0.5) is 17.6 Å². The van der Waals surface area contributed by atoms with Gasteiger partial charge in [-0.2, -0.15) is 13.2 Å². The molecule has 0 spiro atoms. The molecular weight excluding hydrogens is 546 g/mol. The van der Waals surface area contributed by atoms with Crippen LogP contribution in [0.25, 0.3) is 0 Å². The Morgan fingerprint density at radius 1 is 1.10 bits per heavy atom. The molecule has 2 aliphatic rings. The Kier molecular flexibility index (Phi) is 8.30. The molecule has 7 nitrogen and oxygen atoms in total. The summed E-state index contributed by atoms with van der Waals surface area (Å²) in [5.74, 6) is 0. The van der Waals surface area contributed by atoms with Crippen LogP contribution in [0.2, 0.25) is 0 Å². The predicted octanol–water partition coefficient (Wildman–Crippen LogP) is 5.07. The second-order valence-electron chi connectivity index (χ2n) is 10.8. The Bertz CT molecular complexity index is 1430. The summed E-state index contributed by atoms with van der Waals surface area (Å²) < 4.78 is 82.3. The number of nitrogens with one attached hydrogen (secondary N) is 1. The number of rotatable bonds is 8. The molecule has 5 rings (SSSR count). The SMILES string of the molecule is CC(Cc1cn(C2CCCc3cc(CN4CCC(F)CC4)ccc32)nn1)NS(=O)(=O)c1cccc(C(F)(F)F)c1. The van der Waals surface area contributed by atoms with Gasteiger partial charge in [0.2, 0.25) is 10.0 Å². The van der Waals surface area contributed by atoms with E-state index in [1.54, 1.807) is 6.92 Å². The van der Waals surface area contributed by atoms with Gasteiger partial charge >= 0.3 is 6.18 Å². The van der Waals surface area contributed by atoms with Crippen LogP contribution < -0.4 is 4.72 Å². The monoisotopic (exact) mass is 579 g/mol. The van der Waals surface area contributed by atoms with Gasteiger partial charge in [0.1, 0.15) is 6.17 Å². The highest BCUT2D eigenvalue weighted by Gasteiger charge is 2.32. The van der Waals surface area contributed by atoms with Crippen LogP contribution in [0.3, 0.4) is 0 Å². The minimum atomic E-state index is -4.64. The Morgan fingerprint density at radius 2 is 1.88 bits per heavy atom. The van der Waals surface area contributed by atoms with Gasteiger partial charge in [0.05, 0.1) is 22.2 Å². The number of sulfonamides is 1. The molecule has 40 heavy (non-hydrogen) atoms. The number of hydrogen-bond acceptors (Lipinski definition) is 5. The third-order valence-electron chi connectivity index (χ3n) is 7.63. The summed E-state index contributed by atoms with van der Waals surface area (Å²) in [6.07, 6.45) is 0.764. The van der Waals surface area contributed by atoms with Crippen molar-refractivity contribution in [3.8, 4) is 0 Å². The summed E-state index contributed by atoms with van der Waals surface area (Å²) in [7, 11) is -4.16. The second kappa shape index (κ2) is 11.6. The van der Waals surface area contributed by atoms with E-state index >= 15 is 0 Å². The van der Waals surface area contributed by atoms with Gasteiger partial charge in [-0.05, 0) is 73.9 Å². The van der Waals surface area contributed by atoms with E-state index in [0.29, 0.717) is 24.6 Å². The third kappa shape index (κ3) is 6.72. The fourth-order valence-corrected chi connectivity index (χ4v) is 6.91. The molecule has 216 valence electrons. The van der Waals surface area contributed by atoms with Gasteiger partial charge in [-0.15, -0.1) is 5.10 Å². The average Bonchev–Trinajstić information content (AvgIpc) is 3.37. The van der Waals surface area contributed by atoms with Crippen LogP contribution in [0.1, 0.15) is 66.6 Å². The Labute approximate surface area is 231 Å².